The van der Waals surface area contributed by atoms with Crippen molar-refractivity contribution in [3.8, 4) is 0 Å². The summed E-state index contributed by atoms with van der Waals surface area (Å²) >= 11 is 0. The Hall–Kier alpha value is -0.160. The molecule has 2 fully saturated rings. The quantitative estimate of drug-likeness (QED) is 0.743. The van der Waals surface area contributed by atoms with E-state index in [9.17, 15) is 0 Å². The van der Waals surface area contributed by atoms with Crippen LogP contribution in [0.3, 0.4) is 0 Å². The highest BCUT2D eigenvalue weighted by Gasteiger charge is 2.37. The molecule has 2 aliphatic heterocycles. The molecule has 0 aromatic rings. The lowest BCUT2D eigenvalue weighted by atomic mass is 9.85. The van der Waals surface area contributed by atoms with Gasteiger partial charge in [-0.2, -0.15) is 0 Å². The van der Waals surface area contributed by atoms with Crippen LogP contribution >= 0.6 is 0 Å². The molecule has 124 valence electrons. The highest BCUT2D eigenvalue weighted by Crippen LogP contribution is 2.31. The third-order valence-corrected chi connectivity index (χ3v) is 4.91. The lowest BCUT2D eigenvalue weighted by molar-refractivity contribution is 0.0643. The number of hydrogen-bond acceptors (Lipinski definition) is 4. The lowest BCUT2D eigenvalue weighted by Gasteiger charge is -2.38. The van der Waals surface area contributed by atoms with E-state index >= 15 is 0 Å². The van der Waals surface area contributed by atoms with Crippen LogP contribution in [0.5, 0.6) is 0 Å². The summed E-state index contributed by atoms with van der Waals surface area (Å²) in [4.78, 5) is 2.65. The van der Waals surface area contributed by atoms with Gasteiger partial charge < -0.3 is 19.7 Å². The van der Waals surface area contributed by atoms with Crippen molar-refractivity contribution in [2.45, 2.75) is 33.1 Å². The van der Waals surface area contributed by atoms with Crippen molar-refractivity contribution < 1.29 is 9.47 Å². The zero-order chi connectivity index (χ0) is 15.1. The van der Waals surface area contributed by atoms with Gasteiger partial charge >= 0.3 is 0 Å². The topological polar surface area (TPSA) is 33.7 Å². The van der Waals surface area contributed by atoms with Gasteiger partial charge in [0.05, 0.1) is 6.61 Å². The lowest BCUT2D eigenvalue weighted by Crippen LogP contribution is -2.47. The number of likely N-dealkylation sites (tertiary alicyclic amines) is 1. The SMILES string of the molecule is COCC1CCN(CC2(CNCC(C)C)CCOC2)CC1. The van der Waals surface area contributed by atoms with Gasteiger partial charge in [-0.05, 0) is 50.7 Å². The molecule has 1 N–H and O–H groups in total. The van der Waals surface area contributed by atoms with Gasteiger partial charge in [-0.3, -0.25) is 0 Å². The Kier molecular flexibility index (Phi) is 6.93. The van der Waals surface area contributed by atoms with Crippen LogP contribution in [0.25, 0.3) is 0 Å². The zero-order valence-electron chi connectivity index (χ0n) is 14.2. The molecule has 0 aromatic heterocycles. The maximum absolute atomic E-state index is 5.73. The van der Waals surface area contributed by atoms with Crippen LogP contribution < -0.4 is 5.32 Å². The van der Waals surface area contributed by atoms with Crippen LogP contribution in [0.2, 0.25) is 0 Å². The molecule has 1 unspecified atom stereocenters. The molecule has 2 heterocycles. The van der Waals surface area contributed by atoms with Gasteiger partial charge in [0.2, 0.25) is 0 Å². The molecule has 1 atom stereocenters. The predicted octanol–water partition coefficient (Wildman–Crippen LogP) is 2.00. The Bertz CT molecular complexity index is 283. The number of nitrogens with zero attached hydrogens (tertiary/aromatic N) is 1. The highest BCUT2D eigenvalue weighted by atomic mass is 16.5. The number of methoxy groups -OCH3 is 1. The third kappa shape index (κ3) is 5.51. The number of rotatable bonds is 8. The van der Waals surface area contributed by atoms with E-state index in [1.54, 1.807) is 0 Å². The van der Waals surface area contributed by atoms with Crippen molar-refractivity contribution in [3.63, 3.8) is 0 Å². The van der Waals surface area contributed by atoms with E-state index in [1.165, 1.54) is 38.9 Å². The first kappa shape index (κ1) is 17.2. The van der Waals surface area contributed by atoms with Crippen LogP contribution in [0.15, 0.2) is 0 Å². The van der Waals surface area contributed by atoms with Gasteiger partial charge in [0.25, 0.3) is 0 Å². The first-order valence-electron chi connectivity index (χ1n) is 8.63. The number of hydrogen-bond donors (Lipinski definition) is 1. The van der Waals surface area contributed by atoms with Gasteiger partial charge in [0.15, 0.2) is 0 Å². The minimum Gasteiger partial charge on any atom is -0.384 e. The minimum atomic E-state index is 0.336. The monoisotopic (exact) mass is 298 g/mol. The molecule has 0 aliphatic carbocycles. The second-order valence-electron chi connectivity index (χ2n) is 7.50. The number of ether oxygens (including phenoxy) is 2. The fourth-order valence-electron chi connectivity index (χ4n) is 3.62. The fourth-order valence-corrected chi connectivity index (χ4v) is 3.62. The van der Waals surface area contributed by atoms with Gasteiger partial charge in [0.1, 0.15) is 0 Å². The van der Waals surface area contributed by atoms with E-state index in [1.807, 2.05) is 7.11 Å². The van der Waals surface area contributed by atoms with Crippen LogP contribution in [-0.2, 0) is 9.47 Å². The van der Waals surface area contributed by atoms with Gasteiger partial charge in [-0.15, -0.1) is 0 Å². The predicted molar refractivity (Wildman–Crippen MR) is 86.6 cm³/mol. The van der Waals surface area contributed by atoms with E-state index in [4.69, 9.17) is 9.47 Å². The maximum atomic E-state index is 5.73. The molecule has 0 saturated carbocycles. The van der Waals surface area contributed by atoms with Crippen LogP contribution in [0, 0.1) is 17.3 Å². The summed E-state index contributed by atoms with van der Waals surface area (Å²) in [7, 11) is 1.82. The van der Waals surface area contributed by atoms with Gasteiger partial charge in [0, 0.05) is 38.8 Å². The largest absolute Gasteiger partial charge is 0.384 e. The molecule has 21 heavy (non-hydrogen) atoms. The Morgan fingerprint density at radius 3 is 2.67 bits per heavy atom. The van der Waals surface area contributed by atoms with E-state index in [-0.39, 0.29) is 0 Å². The summed E-state index contributed by atoms with van der Waals surface area (Å²) in [5.74, 6) is 1.48. The summed E-state index contributed by atoms with van der Waals surface area (Å²) < 4.78 is 11.0. The third-order valence-electron chi connectivity index (χ3n) is 4.91. The fraction of sp³-hybridized carbons (Fsp3) is 1.00. The van der Waals surface area contributed by atoms with Crippen molar-refractivity contribution in [3.05, 3.63) is 0 Å². The zero-order valence-corrected chi connectivity index (χ0v) is 14.2. The molecule has 2 aliphatic rings. The van der Waals surface area contributed by atoms with Crippen molar-refractivity contribution in [1.29, 1.82) is 0 Å². The summed E-state index contributed by atoms with van der Waals surface area (Å²) in [5, 5.41) is 3.66. The molecule has 2 saturated heterocycles. The van der Waals surface area contributed by atoms with Crippen molar-refractivity contribution >= 4 is 0 Å². The average Bonchev–Trinajstić information content (AvgIpc) is 2.90. The molecule has 0 aromatic carbocycles. The standard InChI is InChI=1S/C17H34N2O2/c1-15(2)10-18-12-17(6-9-21-14-17)13-19-7-4-16(5-8-19)11-20-3/h15-16,18H,4-14H2,1-3H3. The normalized spacial score (nSPS) is 28.6. The maximum Gasteiger partial charge on any atom is 0.0547 e. The van der Waals surface area contributed by atoms with Crippen molar-refractivity contribution in [1.82, 2.24) is 10.2 Å². The molecule has 0 amide bonds. The molecule has 4 heteroatoms. The van der Waals surface area contributed by atoms with Crippen LogP contribution in [-0.4, -0.2) is 64.6 Å². The molecule has 2 rings (SSSR count). The van der Waals surface area contributed by atoms with Crippen LogP contribution in [0.1, 0.15) is 33.1 Å². The molecule has 4 nitrogen and oxygen atoms in total. The van der Waals surface area contributed by atoms with E-state index in [0.717, 1.165) is 38.8 Å². The highest BCUT2D eigenvalue weighted by molar-refractivity contribution is 4.89. The Morgan fingerprint density at radius 1 is 1.33 bits per heavy atom. The first-order chi connectivity index (χ1) is 10.1. The summed E-state index contributed by atoms with van der Waals surface area (Å²) in [6.07, 6.45) is 3.77. The molecular formula is C17H34N2O2. The second kappa shape index (κ2) is 8.47. The Labute approximate surface area is 130 Å². The Balaban J connectivity index is 1.77. The van der Waals surface area contributed by atoms with Crippen molar-refractivity contribution in [2.24, 2.45) is 17.3 Å². The van der Waals surface area contributed by atoms with Gasteiger partial charge in [-0.1, -0.05) is 13.8 Å². The van der Waals surface area contributed by atoms with Crippen LogP contribution in [0.4, 0.5) is 0 Å². The summed E-state index contributed by atoms with van der Waals surface area (Å²) in [5.41, 5.74) is 0.336. The Morgan fingerprint density at radius 2 is 2.10 bits per heavy atom. The molecule has 0 spiro atoms. The molecule has 0 bridgehead atoms. The minimum absolute atomic E-state index is 0.336. The molecule has 0 radical (unpaired) electrons. The van der Waals surface area contributed by atoms with Gasteiger partial charge in [-0.25, -0.2) is 0 Å². The van der Waals surface area contributed by atoms with E-state index in [0.29, 0.717) is 11.3 Å². The van der Waals surface area contributed by atoms with E-state index < -0.39 is 0 Å². The average molecular weight is 298 g/mol. The molecular weight excluding hydrogens is 264 g/mol. The van der Waals surface area contributed by atoms with Crippen molar-refractivity contribution in [2.75, 3.05) is 59.7 Å². The number of piperidine rings is 1. The second-order valence-corrected chi connectivity index (χ2v) is 7.50. The number of nitrogens with one attached hydrogen (secondary N) is 1. The first-order valence-corrected chi connectivity index (χ1v) is 8.63. The summed E-state index contributed by atoms with van der Waals surface area (Å²) in [6.45, 7) is 13.2. The summed E-state index contributed by atoms with van der Waals surface area (Å²) in [6, 6.07) is 0. The smallest absolute Gasteiger partial charge is 0.0547 e. The van der Waals surface area contributed by atoms with E-state index in [2.05, 4.69) is 24.1 Å².